The van der Waals surface area contributed by atoms with E-state index in [1.807, 2.05) is 12.5 Å². The summed E-state index contributed by atoms with van der Waals surface area (Å²) in [5, 5.41) is 3.39. The van der Waals surface area contributed by atoms with Crippen molar-refractivity contribution in [2.24, 2.45) is 5.92 Å². The zero-order chi connectivity index (χ0) is 12.1. The predicted molar refractivity (Wildman–Crippen MR) is 70.9 cm³/mol. The average molecular weight is 235 g/mol. The number of hydrogen-bond donors (Lipinski definition) is 1. The first-order chi connectivity index (χ1) is 8.35. The Bertz CT molecular complexity index is 324. The number of nitrogens with one attached hydrogen (secondary N) is 1. The van der Waals surface area contributed by atoms with E-state index in [0.29, 0.717) is 6.04 Å². The second kappa shape index (κ2) is 6.20. The summed E-state index contributed by atoms with van der Waals surface area (Å²) in [7, 11) is 0. The molecule has 0 unspecified atom stereocenters. The van der Waals surface area contributed by atoms with Gasteiger partial charge in [0.2, 0.25) is 0 Å². The molecule has 0 saturated heterocycles. The molecule has 0 amide bonds. The lowest BCUT2D eigenvalue weighted by molar-refractivity contribution is 0.265. The number of nitrogens with zero attached hydrogens (tertiary/aromatic N) is 2. The van der Waals surface area contributed by atoms with Gasteiger partial charge in [0.05, 0.1) is 12.0 Å². The second-order valence-corrected chi connectivity index (χ2v) is 5.16. The second-order valence-electron chi connectivity index (χ2n) is 5.16. The molecule has 0 spiro atoms. The Morgan fingerprint density at radius 2 is 2.06 bits per heavy atom. The third-order valence-electron chi connectivity index (χ3n) is 4.09. The molecular weight excluding hydrogens is 210 g/mol. The van der Waals surface area contributed by atoms with Crippen LogP contribution in [0.25, 0.3) is 0 Å². The van der Waals surface area contributed by atoms with Crippen molar-refractivity contribution in [3.05, 3.63) is 18.2 Å². The summed E-state index contributed by atoms with van der Waals surface area (Å²) in [5.74, 6) is 0.965. The van der Waals surface area contributed by atoms with Crippen LogP contribution in [0.3, 0.4) is 0 Å². The Morgan fingerprint density at radius 3 is 2.71 bits per heavy atom. The smallest absolute Gasteiger partial charge is 0.0951 e. The lowest BCUT2D eigenvalue weighted by atomic mass is 9.84. The van der Waals surface area contributed by atoms with Crippen LogP contribution in [-0.4, -0.2) is 16.1 Å². The first-order valence-corrected chi connectivity index (χ1v) is 7.06. The Balaban J connectivity index is 1.95. The molecule has 1 aromatic rings. The summed E-state index contributed by atoms with van der Waals surface area (Å²) in [6, 6.07) is 0.689. The molecular formula is C14H25N3. The van der Waals surface area contributed by atoms with Gasteiger partial charge in [-0.1, -0.05) is 20.3 Å². The van der Waals surface area contributed by atoms with Crippen molar-refractivity contribution in [1.29, 1.82) is 0 Å². The first-order valence-electron chi connectivity index (χ1n) is 7.06. The van der Waals surface area contributed by atoms with Crippen LogP contribution in [0, 0.1) is 5.92 Å². The molecule has 0 aromatic carbocycles. The maximum atomic E-state index is 4.31. The van der Waals surface area contributed by atoms with Gasteiger partial charge in [0, 0.05) is 18.8 Å². The normalized spacial score (nSPS) is 25.1. The summed E-state index contributed by atoms with van der Waals surface area (Å²) >= 11 is 0. The standard InChI is InChI=1S/C14H25N3/c1-3-12-5-7-13(8-6-12)17-11-16-10-14(17)9-15-4-2/h10-13,15H,3-9H2,1-2H3. The van der Waals surface area contributed by atoms with Crippen molar-refractivity contribution < 1.29 is 0 Å². The molecule has 2 rings (SSSR count). The monoisotopic (exact) mass is 235 g/mol. The molecule has 0 atom stereocenters. The van der Waals surface area contributed by atoms with Crippen molar-refractivity contribution in [1.82, 2.24) is 14.9 Å². The van der Waals surface area contributed by atoms with E-state index in [0.717, 1.165) is 19.0 Å². The van der Waals surface area contributed by atoms with Crippen molar-refractivity contribution in [3.63, 3.8) is 0 Å². The van der Waals surface area contributed by atoms with E-state index >= 15 is 0 Å². The van der Waals surface area contributed by atoms with Gasteiger partial charge >= 0.3 is 0 Å². The molecule has 0 radical (unpaired) electrons. The Kier molecular flexibility index (Phi) is 4.60. The fourth-order valence-electron chi connectivity index (χ4n) is 2.88. The van der Waals surface area contributed by atoms with Crippen LogP contribution >= 0.6 is 0 Å². The van der Waals surface area contributed by atoms with E-state index in [2.05, 4.69) is 28.7 Å². The van der Waals surface area contributed by atoms with Gasteiger partial charge in [-0.05, 0) is 38.1 Å². The fourth-order valence-corrected chi connectivity index (χ4v) is 2.88. The summed E-state index contributed by atoms with van der Waals surface area (Å²) in [5.41, 5.74) is 1.34. The first kappa shape index (κ1) is 12.6. The number of imidazole rings is 1. The highest BCUT2D eigenvalue weighted by Crippen LogP contribution is 2.34. The van der Waals surface area contributed by atoms with Gasteiger partial charge in [0.25, 0.3) is 0 Å². The molecule has 1 saturated carbocycles. The molecule has 17 heavy (non-hydrogen) atoms. The molecule has 1 N–H and O–H groups in total. The molecule has 1 fully saturated rings. The lowest BCUT2D eigenvalue weighted by Gasteiger charge is -2.29. The summed E-state index contributed by atoms with van der Waals surface area (Å²) in [4.78, 5) is 4.31. The van der Waals surface area contributed by atoms with Crippen LogP contribution < -0.4 is 5.32 Å². The highest BCUT2D eigenvalue weighted by atomic mass is 15.1. The van der Waals surface area contributed by atoms with E-state index in [-0.39, 0.29) is 0 Å². The average Bonchev–Trinajstić information content (AvgIpc) is 2.84. The van der Waals surface area contributed by atoms with E-state index in [1.165, 1.54) is 37.8 Å². The quantitative estimate of drug-likeness (QED) is 0.849. The number of aromatic nitrogens is 2. The molecule has 0 aliphatic heterocycles. The molecule has 3 nitrogen and oxygen atoms in total. The minimum atomic E-state index is 0.689. The van der Waals surface area contributed by atoms with Gasteiger partial charge in [-0.15, -0.1) is 0 Å². The lowest BCUT2D eigenvalue weighted by Crippen LogP contribution is -2.21. The van der Waals surface area contributed by atoms with E-state index in [9.17, 15) is 0 Å². The molecule has 3 heteroatoms. The predicted octanol–water partition coefficient (Wildman–Crippen LogP) is 3.13. The minimum Gasteiger partial charge on any atom is -0.330 e. The zero-order valence-electron chi connectivity index (χ0n) is 11.2. The van der Waals surface area contributed by atoms with Gasteiger partial charge in [0.15, 0.2) is 0 Å². The van der Waals surface area contributed by atoms with Crippen LogP contribution in [0.4, 0.5) is 0 Å². The van der Waals surface area contributed by atoms with Gasteiger partial charge in [-0.25, -0.2) is 4.98 Å². The molecule has 1 aliphatic rings. The van der Waals surface area contributed by atoms with Crippen molar-refractivity contribution >= 4 is 0 Å². The van der Waals surface area contributed by atoms with E-state index in [4.69, 9.17) is 0 Å². The van der Waals surface area contributed by atoms with Crippen molar-refractivity contribution in [2.75, 3.05) is 6.54 Å². The maximum absolute atomic E-state index is 4.31. The number of rotatable bonds is 5. The van der Waals surface area contributed by atoms with Crippen LogP contribution in [0.5, 0.6) is 0 Å². The topological polar surface area (TPSA) is 29.9 Å². The summed E-state index contributed by atoms with van der Waals surface area (Å²) in [6.07, 6.45) is 10.8. The van der Waals surface area contributed by atoms with Gasteiger partial charge in [-0.2, -0.15) is 0 Å². The molecule has 1 aliphatic carbocycles. The Labute approximate surface area is 105 Å². The maximum Gasteiger partial charge on any atom is 0.0951 e. The SMILES string of the molecule is CCNCc1cncn1C1CCC(CC)CC1. The van der Waals surface area contributed by atoms with Crippen molar-refractivity contribution in [3.8, 4) is 0 Å². The van der Waals surface area contributed by atoms with Crippen LogP contribution in [-0.2, 0) is 6.54 Å². The van der Waals surface area contributed by atoms with Gasteiger partial charge < -0.3 is 9.88 Å². The third-order valence-corrected chi connectivity index (χ3v) is 4.09. The molecule has 96 valence electrons. The Hall–Kier alpha value is -0.830. The number of hydrogen-bond acceptors (Lipinski definition) is 2. The highest BCUT2D eigenvalue weighted by molar-refractivity contribution is 5.00. The summed E-state index contributed by atoms with van der Waals surface area (Å²) in [6.45, 7) is 6.43. The minimum absolute atomic E-state index is 0.689. The van der Waals surface area contributed by atoms with Crippen LogP contribution in [0.2, 0.25) is 0 Å². The molecule has 0 bridgehead atoms. The highest BCUT2D eigenvalue weighted by Gasteiger charge is 2.22. The Morgan fingerprint density at radius 1 is 1.29 bits per heavy atom. The van der Waals surface area contributed by atoms with Gasteiger partial charge in [-0.3, -0.25) is 0 Å². The van der Waals surface area contributed by atoms with E-state index in [1.54, 1.807) is 0 Å². The van der Waals surface area contributed by atoms with E-state index < -0.39 is 0 Å². The van der Waals surface area contributed by atoms with Crippen LogP contribution in [0.15, 0.2) is 12.5 Å². The third kappa shape index (κ3) is 3.09. The molecule has 1 heterocycles. The van der Waals surface area contributed by atoms with Gasteiger partial charge in [0.1, 0.15) is 0 Å². The zero-order valence-corrected chi connectivity index (χ0v) is 11.2. The molecule has 1 aromatic heterocycles. The largest absolute Gasteiger partial charge is 0.330 e. The van der Waals surface area contributed by atoms with Crippen LogP contribution in [0.1, 0.15) is 57.7 Å². The summed E-state index contributed by atoms with van der Waals surface area (Å²) < 4.78 is 2.40. The van der Waals surface area contributed by atoms with Crippen molar-refractivity contribution in [2.45, 2.75) is 58.5 Å². The fraction of sp³-hybridized carbons (Fsp3) is 0.786.